The van der Waals surface area contributed by atoms with Gasteiger partial charge in [-0.25, -0.2) is 4.79 Å². The Hall–Kier alpha value is -2.78. The number of pyridine rings is 1. The molecule has 216 valence electrons. The fraction of sp³-hybridized carbons (Fsp3) is 0.583. The highest BCUT2D eigenvalue weighted by Gasteiger charge is 2.37. The number of halogens is 3. The van der Waals surface area contributed by atoms with Gasteiger partial charge >= 0.3 is 12.3 Å². The number of hydrogen-bond acceptors (Lipinski definition) is 9. The van der Waals surface area contributed by atoms with Crippen LogP contribution < -0.4 is 21.9 Å². The van der Waals surface area contributed by atoms with Gasteiger partial charge in [0, 0.05) is 44.3 Å². The highest BCUT2D eigenvalue weighted by atomic mass is 32.2. The number of piperidine rings is 1. The molecule has 0 aromatic carbocycles. The Morgan fingerprint density at radius 2 is 1.92 bits per heavy atom. The Balaban J connectivity index is 1.94. The van der Waals surface area contributed by atoms with Crippen molar-refractivity contribution in [2.45, 2.75) is 68.1 Å². The summed E-state index contributed by atoms with van der Waals surface area (Å²) in [4.78, 5) is 34.1. The van der Waals surface area contributed by atoms with Gasteiger partial charge in [-0.05, 0) is 31.0 Å². The van der Waals surface area contributed by atoms with Crippen LogP contribution in [-0.4, -0.2) is 55.0 Å². The van der Waals surface area contributed by atoms with Crippen molar-refractivity contribution >= 4 is 37.7 Å². The van der Waals surface area contributed by atoms with Crippen LogP contribution in [0.2, 0.25) is 25.7 Å². The second kappa shape index (κ2) is 12.2. The molecule has 3 rings (SSSR count). The quantitative estimate of drug-likeness (QED) is 0.305. The highest BCUT2D eigenvalue weighted by Crippen LogP contribution is 2.39. The number of carbonyl (C=O) groups is 1. The van der Waals surface area contributed by atoms with Crippen LogP contribution in [0.1, 0.15) is 25.5 Å². The molecule has 1 saturated heterocycles. The summed E-state index contributed by atoms with van der Waals surface area (Å²) >= 11 is 0.586. The van der Waals surface area contributed by atoms with Crippen LogP contribution in [0, 0.1) is 5.41 Å². The summed E-state index contributed by atoms with van der Waals surface area (Å²) in [7, 11) is -1.40. The number of amides is 1. The minimum atomic E-state index is -4.70. The number of nitrogen functional groups attached to an aromatic ring is 1. The summed E-state index contributed by atoms with van der Waals surface area (Å²) in [5.74, 6) is 0.0932. The smallest absolute Gasteiger partial charge is 0.434 e. The lowest BCUT2D eigenvalue weighted by atomic mass is 9.81. The van der Waals surface area contributed by atoms with Gasteiger partial charge in [0.25, 0.3) is 5.56 Å². The molecule has 2 aromatic heterocycles. The second-order valence-electron chi connectivity index (χ2n) is 11.1. The van der Waals surface area contributed by atoms with E-state index in [1.54, 1.807) is 0 Å². The van der Waals surface area contributed by atoms with Crippen LogP contribution in [0.15, 0.2) is 32.9 Å². The maximum Gasteiger partial charge on any atom is 0.434 e. The van der Waals surface area contributed by atoms with Crippen LogP contribution in [0.4, 0.5) is 29.7 Å². The number of anilines is 2. The number of carbonyl (C=O) groups excluding carboxylic acids is 1. The van der Waals surface area contributed by atoms with E-state index in [9.17, 15) is 22.8 Å². The van der Waals surface area contributed by atoms with E-state index in [1.165, 1.54) is 16.7 Å². The van der Waals surface area contributed by atoms with E-state index >= 15 is 0 Å². The maximum absolute atomic E-state index is 13.7. The van der Waals surface area contributed by atoms with Crippen LogP contribution in [0.25, 0.3) is 0 Å². The molecule has 0 aliphatic carbocycles. The summed E-state index contributed by atoms with van der Waals surface area (Å²) in [6, 6.07) is 3.47. The van der Waals surface area contributed by atoms with E-state index in [-0.39, 0.29) is 40.3 Å². The average molecular weight is 589 g/mol. The topological polar surface area (TPSA) is 139 Å². The van der Waals surface area contributed by atoms with Crippen molar-refractivity contribution in [3.63, 3.8) is 0 Å². The number of hydrogen-bond donors (Lipinski definition) is 2. The van der Waals surface area contributed by atoms with Crippen molar-refractivity contribution in [3.8, 4) is 0 Å². The number of ether oxygens (including phenoxy) is 2. The van der Waals surface area contributed by atoms with Crippen molar-refractivity contribution < 1.29 is 27.4 Å². The summed E-state index contributed by atoms with van der Waals surface area (Å²) in [6.07, 6.45) is -3.27. The zero-order valence-electron chi connectivity index (χ0n) is 22.5. The molecule has 0 saturated carbocycles. The summed E-state index contributed by atoms with van der Waals surface area (Å²) < 4.78 is 52.8. The van der Waals surface area contributed by atoms with E-state index < -0.39 is 31.6 Å². The Bertz CT molecular complexity index is 1230. The van der Waals surface area contributed by atoms with E-state index in [4.69, 9.17) is 20.9 Å². The summed E-state index contributed by atoms with van der Waals surface area (Å²) in [5, 5.41) is 0. The highest BCUT2D eigenvalue weighted by molar-refractivity contribution is 7.99. The first-order chi connectivity index (χ1) is 18.1. The lowest BCUT2D eigenvalue weighted by molar-refractivity contribution is -0.143. The van der Waals surface area contributed by atoms with Crippen molar-refractivity contribution in [1.82, 2.24) is 14.5 Å². The molecule has 1 aliphatic rings. The van der Waals surface area contributed by atoms with E-state index in [1.807, 2.05) is 11.8 Å². The third-order valence-corrected chi connectivity index (χ3v) is 9.26. The third kappa shape index (κ3) is 8.35. The van der Waals surface area contributed by atoms with E-state index in [2.05, 4.69) is 29.6 Å². The number of aromatic nitrogens is 3. The fourth-order valence-electron chi connectivity index (χ4n) is 3.96. The van der Waals surface area contributed by atoms with E-state index in [0.717, 1.165) is 12.2 Å². The van der Waals surface area contributed by atoms with Crippen LogP contribution in [-0.2, 0) is 22.4 Å². The van der Waals surface area contributed by atoms with E-state index in [0.29, 0.717) is 44.3 Å². The number of rotatable bonds is 10. The zero-order chi connectivity index (χ0) is 29.0. The SMILES string of the molecule is CC1(COC(N)=O)CCN(c2nc(N)c(Sc3cccnc3C(F)(F)F)c(=O)n2COCC[Si](C)(C)C)CC1. The van der Waals surface area contributed by atoms with Crippen molar-refractivity contribution in [3.05, 3.63) is 34.4 Å². The second-order valence-corrected chi connectivity index (χ2v) is 17.7. The first kappa shape index (κ1) is 30.8. The van der Waals surface area contributed by atoms with Gasteiger partial charge in [-0.2, -0.15) is 18.2 Å². The number of primary amides is 1. The zero-order valence-corrected chi connectivity index (χ0v) is 24.3. The Morgan fingerprint density at radius 3 is 2.51 bits per heavy atom. The predicted octanol–water partition coefficient (Wildman–Crippen LogP) is 4.40. The third-order valence-electron chi connectivity index (χ3n) is 6.42. The molecule has 15 heteroatoms. The molecule has 1 aliphatic heterocycles. The number of nitrogens with two attached hydrogens (primary N) is 2. The van der Waals surface area contributed by atoms with Crippen molar-refractivity contribution in [2.75, 3.05) is 36.9 Å². The maximum atomic E-state index is 13.7. The molecule has 0 atom stereocenters. The van der Waals surface area contributed by atoms with Gasteiger partial charge < -0.3 is 25.8 Å². The average Bonchev–Trinajstić information content (AvgIpc) is 2.83. The Labute approximate surface area is 230 Å². The van der Waals surface area contributed by atoms with Gasteiger partial charge in [-0.1, -0.05) is 38.3 Å². The minimum Gasteiger partial charge on any atom is -0.449 e. The first-order valence-corrected chi connectivity index (χ1v) is 17.0. The molecule has 1 fully saturated rings. The molecule has 0 radical (unpaired) electrons. The van der Waals surface area contributed by atoms with Gasteiger partial charge in [0.1, 0.15) is 17.4 Å². The van der Waals surface area contributed by atoms with Crippen LogP contribution in [0.3, 0.4) is 0 Å². The summed E-state index contributed by atoms with van der Waals surface area (Å²) in [6.45, 7) is 10.0. The van der Waals surface area contributed by atoms with Gasteiger partial charge in [-0.15, -0.1) is 0 Å². The van der Waals surface area contributed by atoms with Gasteiger partial charge in [0.15, 0.2) is 5.69 Å². The monoisotopic (exact) mass is 588 g/mol. The minimum absolute atomic E-state index is 0.128. The largest absolute Gasteiger partial charge is 0.449 e. The standard InChI is InChI=1S/C24H35F3N6O4SSi/c1-23(14-37-21(29)35)7-10-32(11-8-23)22-31-19(28)17(20(34)33(22)15-36-12-13-39(2,3)4)38-16-6-5-9-30-18(16)24(25,26)27/h5-6,9H,7-8,10-15,28H2,1-4H3,(H2,29,35). The normalized spacial score (nSPS) is 15.8. The number of alkyl halides is 3. The lowest BCUT2D eigenvalue weighted by Crippen LogP contribution is -2.44. The molecular formula is C24H35F3N6O4SSi. The summed E-state index contributed by atoms with van der Waals surface area (Å²) in [5.41, 5.74) is 9.27. The fourth-order valence-corrected chi connectivity index (χ4v) is 5.70. The van der Waals surface area contributed by atoms with Gasteiger partial charge in [0.05, 0.1) is 6.61 Å². The molecule has 39 heavy (non-hydrogen) atoms. The van der Waals surface area contributed by atoms with Crippen molar-refractivity contribution in [2.24, 2.45) is 11.1 Å². The molecule has 1 amide bonds. The number of nitrogens with zero attached hydrogens (tertiary/aromatic N) is 4. The molecule has 3 heterocycles. The Kier molecular flexibility index (Phi) is 9.59. The first-order valence-electron chi connectivity index (χ1n) is 12.4. The van der Waals surface area contributed by atoms with Gasteiger partial charge in [-0.3, -0.25) is 14.3 Å². The molecule has 10 nitrogen and oxygen atoms in total. The molecule has 0 unspecified atom stereocenters. The van der Waals surface area contributed by atoms with Crippen molar-refractivity contribution in [1.29, 1.82) is 0 Å². The predicted molar refractivity (Wildman–Crippen MR) is 145 cm³/mol. The molecular weight excluding hydrogens is 553 g/mol. The van der Waals surface area contributed by atoms with Crippen LogP contribution >= 0.6 is 11.8 Å². The Morgan fingerprint density at radius 1 is 1.26 bits per heavy atom. The molecule has 0 spiro atoms. The van der Waals surface area contributed by atoms with Crippen LogP contribution in [0.5, 0.6) is 0 Å². The van der Waals surface area contributed by atoms with Gasteiger partial charge in [0.2, 0.25) is 5.95 Å². The molecule has 2 aromatic rings. The molecule has 4 N–H and O–H groups in total. The molecule has 0 bridgehead atoms. The lowest BCUT2D eigenvalue weighted by Gasteiger charge is -2.39.